The lowest BCUT2D eigenvalue weighted by atomic mass is 9.74. The Hall–Kier alpha value is -0.240. The van der Waals surface area contributed by atoms with Gasteiger partial charge in [-0.05, 0) is 0 Å². The molecule has 3 fully saturated rings. The Labute approximate surface area is 80.7 Å². The summed E-state index contributed by atoms with van der Waals surface area (Å²) < 4.78 is 9.94. The molecule has 0 unspecified atom stereocenters. The zero-order valence-corrected chi connectivity index (χ0v) is 7.70. The average molecular weight is 206 g/mol. The van der Waals surface area contributed by atoms with Crippen LogP contribution in [0.1, 0.15) is 6.42 Å². The van der Waals surface area contributed by atoms with E-state index in [9.17, 15) is 20.4 Å². The molecule has 0 aromatic carbocycles. The first-order valence-corrected chi connectivity index (χ1v) is 4.45. The van der Waals surface area contributed by atoms with Crippen LogP contribution in [-0.2, 0) is 9.47 Å². The van der Waals surface area contributed by atoms with E-state index in [0.717, 1.165) is 0 Å². The number of fused-ring (bicyclic) bond motifs is 3. The minimum Gasteiger partial charge on any atom is -0.390 e. The first kappa shape index (κ1) is 10.3. The maximum absolute atomic E-state index is 9.97. The molecule has 6 nitrogen and oxygen atoms in total. The van der Waals surface area contributed by atoms with Gasteiger partial charge in [-0.1, -0.05) is 0 Å². The van der Waals surface area contributed by atoms with Crippen LogP contribution >= 0.6 is 0 Å². The largest absolute Gasteiger partial charge is 0.390 e. The fourth-order valence-electron chi connectivity index (χ4n) is 2.20. The molecule has 14 heavy (non-hydrogen) atoms. The number of rotatable bonds is 1. The third-order valence-electron chi connectivity index (χ3n) is 2.99. The molecule has 2 saturated heterocycles. The van der Waals surface area contributed by atoms with Gasteiger partial charge >= 0.3 is 0 Å². The minimum absolute atomic E-state index is 0.0611. The smallest absolute Gasteiger partial charge is 0.189 e. The van der Waals surface area contributed by atoms with E-state index in [1.807, 2.05) is 0 Å². The summed E-state index contributed by atoms with van der Waals surface area (Å²) in [5.41, 5.74) is -1.73. The van der Waals surface area contributed by atoms with Gasteiger partial charge < -0.3 is 29.9 Å². The van der Waals surface area contributed by atoms with Gasteiger partial charge in [0.15, 0.2) is 6.29 Å². The molecular formula is C8H14O6. The second-order valence-corrected chi connectivity index (χ2v) is 3.87. The van der Waals surface area contributed by atoms with Crippen LogP contribution in [0, 0.1) is 0 Å². The van der Waals surface area contributed by atoms with Crippen LogP contribution in [0.15, 0.2) is 0 Å². The molecule has 2 bridgehead atoms. The summed E-state index contributed by atoms with van der Waals surface area (Å²) in [7, 11) is 1.33. The zero-order chi connectivity index (χ0) is 10.5. The molecule has 0 aromatic heterocycles. The molecule has 0 aromatic rings. The van der Waals surface area contributed by atoms with Gasteiger partial charge in [0.25, 0.3) is 0 Å². The van der Waals surface area contributed by atoms with Gasteiger partial charge in [0, 0.05) is 13.5 Å². The van der Waals surface area contributed by atoms with Crippen molar-refractivity contribution in [1.29, 1.82) is 0 Å². The summed E-state index contributed by atoms with van der Waals surface area (Å²) in [6.07, 6.45) is -5.58. The summed E-state index contributed by atoms with van der Waals surface area (Å²) >= 11 is 0. The van der Waals surface area contributed by atoms with Gasteiger partial charge in [0.2, 0.25) is 0 Å². The third kappa shape index (κ3) is 1.13. The van der Waals surface area contributed by atoms with E-state index in [-0.39, 0.29) is 6.42 Å². The van der Waals surface area contributed by atoms with Gasteiger partial charge in [0.05, 0.1) is 6.10 Å². The van der Waals surface area contributed by atoms with Crippen molar-refractivity contribution in [3.63, 3.8) is 0 Å². The Balaban J connectivity index is 2.30. The van der Waals surface area contributed by atoms with Gasteiger partial charge in [-0.2, -0.15) is 0 Å². The Kier molecular flexibility index (Phi) is 2.30. The molecule has 4 N–H and O–H groups in total. The standard InChI is InChI=1S/C8H14O6/c1-13-7-8(12)2-3(9)5(14-7)4(10)6(8)11/h3-7,9-12H,2H2,1H3/t3-,4-,5-,6+,7-,8-/m1/s1. The van der Waals surface area contributed by atoms with Gasteiger partial charge in [-0.15, -0.1) is 0 Å². The number of hydrogen-bond acceptors (Lipinski definition) is 6. The number of aliphatic hydroxyl groups is 4. The van der Waals surface area contributed by atoms with Crippen LogP contribution in [0.5, 0.6) is 0 Å². The predicted molar refractivity (Wildman–Crippen MR) is 43.3 cm³/mol. The van der Waals surface area contributed by atoms with Crippen molar-refractivity contribution in [2.75, 3.05) is 7.11 Å². The molecule has 0 radical (unpaired) electrons. The highest BCUT2D eigenvalue weighted by Crippen LogP contribution is 2.41. The van der Waals surface area contributed by atoms with Crippen molar-refractivity contribution in [2.24, 2.45) is 0 Å². The average Bonchev–Trinajstić information content (AvgIpc) is 2.13. The highest BCUT2D eigenvalue weighted by molar-refractivity contribution is 5.09. The summed E-state index contributed by atoms with van der Waals surface area (Å²) in [6, 6.07) is 0. The molecule has 2 aliphatic heterocycles. The molecule has 6 atom stereocenters. The summed E-state index contributed by atoms with van der Waals surface area (Å²) in [5, 5.41) is 38.5. The van der Waals surface area contributed by atoms with Crippen LogP contribution in [0.25, 0.3) is 0 Å². The number of methoxy groups -OCH3 is 1. The first-order valence-electron chi connectivity index (χ1n) is 4.45. The normalized spacial score (nSPS) is 57.6. The predicted octanol–water partition coefficient (Wildman–Crippen LogP) is -2.42. The van der Waals surface area contributed by atoms with E-state index in [0.29, 0.717) is 0 Å². The third-order valence-corrected chi connectivity index (χ3v) is 2.99. The lowest BCUT2D eigenvalue weighted by molar-refractivity contribution is -0.379. The Bertz CT molecular complexity index is 228. The highest BCUT2D eigenvalue weighted by Gasteiger charge is 2.62. The van der Waals surface area contributed by atoms with E-state index < -0.39 is 36.3 Å². The van der Waals surface area contributed by atoms with Gasteiger partial charge in [-0.3, -0.25) is 0 Å². The molecule has 6 heteroatoms. The van der Waals surface area contributed by atoms with Crippen LogP contribution in [0.2, 0.25) is 0 Å². The molecule has 2 heterocycles. The van der Waals surface area contributed by atoms with E-state index in [2.05, 4.69) is 0 Å². The molecule has 1 saturated carbocycles. The van der Waals surface area contributed by atoms with Crippen molar-refractivity contribution in [3.05, 3.63) is 0 Å². The molecule has 0 spiro atoms. The minimum atomic E-state index is -1.73. The fourth-order valence-corrected chi connectivity index (χ4v) is 2.20. The van der Waals surface area contributed by atoms with E-state index >= 15 is 0 Å². The molecular weight excluding hydrogens is 192 g/mol. The van der Waals surface area contributed by atoms with E-state index in [1.54, 1.807) is 0 Å². The van der Waals surface area contributed by atoms with Crippen molar-refractivity contribution < 1.29 is 29.9 Å². The molecule has 0 amide bonds. The summed E-state index contributed by atoms with van der Waals surface area (Å²) in [4.78, 5) is 0. The van der Waals surface area contributed by atoms with Gasteiger partial charge in [0.1, 0.15) is 23.9 Å². The van der Waals surface area contributed by atoms with Crippen LogP contribution in [0.4, 0.5) is 0 Å². The second-order valence-electron chi connectivity index (χ2n) is 3.87. The van der Waals surface area contributed by atoms with Crippen molar-refractivity contribution in [1.82, 2.24) is 0 Å². The van der Waals surface area contributed by atoms with Crippen LogP contribution in [0.3, 0.4) is 0 Å². The molecule has 1 aliphatic carbocycles. The maximum atomic E-state index is 9.97. The first-order chi connectivity index (χ1) is 6.50. The highest BCUT2D eigenvalue weighted by atomic mass is 16.7. The van der Waals surface area contributed by atoms with Crippen LogP contribution < -0.4 is 0 Å². The lowest BCUT2D eigenvalue weighted by Crippen LogP contribution is -2.74. The lowest BCUT2D eigenvalue weighted by Gasteiger charge is -2.54. The SMILES string of the molecule is CO[C@@H]1O[C@H]2[C@@H](O)[C@H](O)[C@]1(O)C[C@H]2O. The monoisotopic (exact) mass is 206 g/mol. The number of hydrogen-bond donors (Lipinski definition) is 4. The van der Waals surface area contributed by atoms with Crippen molar-refractivity contribution in [3.8, 4) is 0 Å². The van der Waals surface area contributed by atoms with Crippen molar-refractivity contribution in [2.45, 2.75) is 42.7 Å². The molecule has 3 aliphatic rings. The second kappa shape index (κ2) is 3.13. The Morgan fingerprint density at radius 2 is 2.00 bits per heavy atom. The zero-order valence-electron chi connectivity index (χ0n) is 7.70. The summed E-state index contributed by atoms with van der Waals surface area (Å²) in [5.74, 6) is 0. The van der Waals surface area contributed by atoms with E-state index in [1.165, 1.54) is 7.11 Å². The number of ether oxygens (including phenoxy) is 2. The Morgan fingerprint density at radius 1 is 1.36 bits per heavy atom. The maximum Gasteiger partial charge on any atom is 0.189 e. The molecule has 3 rings (SSSR count). The Morgan fingerprint density at radius 3 is 2.57 bits per heavy atom. The quantitative estimate of drug-likeness (QED) is 0.381. The van der Waals surface area contributed by atoms with Crippen molar-refractivity contribution >= 4 is 0 Å². The van der Waals surface area contributed by atoms with Gasteiger partial charge in [-0.25, -0.2) is 0 Å². The molecule has 82 valence electrons. The topological polar surface area (TPSA) is 99.4 Å². The fraction of sp³-hybridized carbons (Fsp3) is 1.00. The van der Waals surface area contributed by atoms with Crippen LogP contribution in [-0.4, -0.2) is 63.8 Å². The summed E-state index contributed by atoms with van der Waals surface area (Å²) in [6.45, 7) is 0. The number of aliphatic hydroxyl groups excluding tert-OH is 3. The van der Waals surface area contributed by atoms with E-state index in [4.69, 9.17) is 9.47 Å².